The van der Waals surface area contributed by atoms with E-state index in [4.69, 9.17) is 0 Å². The van der Waals surface area contributed by atoms with Crippen LogP contribution in [0.1, 0.15) is 37.8 Å². The minimum Gasteiger partial charge on any atom is -0.391 e. The molecule has 0 radical (unpaired) electrons. The van der Waals surface area contributed by atoms with E-state index in [-0.39, 0.29) is 31.0 Å². The minimum absolute atomic E-state index is 0.135. The molecule has 0 spiro atoms. The number of hydrogen-bond acceptors (Lipinski definition) is 3. The first-order valence-electron chi connectivity index (χ1n) is 8.16. The van der Waals surface area contributed by atoms with Crippen LogP contribution < -0.4 is 0 Å². The molecule has 23 heavy (non-hydrogen) atoms. The standard InChI is InChI=1S/C17H22F2N2O2/c1-2-20(12-4-5-12)10-17(23)21-9-13(22)8-16(21)14-7-11(18)3-6-15(14)19/h3,6-7,12-13,16,22H,2,4-5,8-10H2,1H3/t13-,16+/m0/s1. The van der Waals surface area contributed by atoms with E-state index in [9.17, 15) is 18.7 Å². The predicted molar refractivity (Wildman–Crippen MR) is 81.7 cm³/mol. The Morgan fingerprint density at radius 2 is 2.13 bits per heavy atom. The number of aliphatic hydroxyl groups excluding tert-OH is 1. The first-order valence-corrected chi connectivity index (χ1v) is 8.16. The quantitative estimate of drug-likeness (QED) is 0.902. The highest BCUT2D eigenvalue weighted by atomic mass is 19.1. The molecule has 1 amide bonds. The number of likely N-dealkylation sites (tertiary alicyclic amines) is 1. The van der Waals surface area contributed by atoms with Gasteiger partial charge in [-0.1, -0.05) is 6.92 Å². The number of β-amino-alcohol motifs (C(OH)–C–C–N with tert-alkyl or cyclic N) is 1. The normalized spacial score (nSPS) is 24.5. The van der Waals surface area contributed by atoms with Gasteiger partial charge in [-0.3, -0.25) is 9.69 Å². The Hall–Kier alpha value is -1.53. The second-order valence-corrected chi connectivity index (χ2v) is 6.41. The molecule has 1 saturated carbocycles. The summed E-state index contributed by atoms with van der Waals surface area (Å²) >= 11 is 0. The van der Waals surface area contributed by atoms with Crippen molar-refractivity contribution in [1.82, 2.24) is 9.80 Å². The summed E-state index contributed by atoms with van der Waals surface area (Å²) in [6.45, 7) is 3.23. The average molecular weight is 324 g/mol. The molecule has 2 aliphatic rings. The largest absolute Gasteiger partial charge is 0.391 e. The van der Waals surface area contributed by atoms with E-state index < -0.39 is 23.8 Å². The maximum atomic E-state index is 14.1. The topological polar surface area (TPSA) is 43.8 Å². The highest BCUT2D eigenvalue weighted by Gasteiger charge is 2.38. The van der Waals surface area contributed by atoms with Gasteiger partial charge >= 0.3 is 0 Å². The molecule has 1 N–H and O–H groups in total. The molecule has 1 aliphatic heterocycles. The summed E-state index contributed by atoms with van der Waals surface area (Å²) in [5.74, 6) is -1.22. The van der Waals surface area contributed by atoms with Crippen molar-refractivity contribution in [3.63, 3.8) is 0 Å². The lowest BCUT2D eigenvalue weighted by atomic mass is 10.0. The Kier molecular flexibility index (Phi) is 4.64. The smallest absolute Gasteiger partial charge is 0.237 e. The van der Waals surface area contributed by atoms with Gasteiger partial charge in [0, 0.05) is 18.2 Å². The van der Waals surface area contributed by atoms with Gasteiger partial charge in [-0.25, -0.2) is 8.78 Å². The van der Waals surface area contributed by atoms with Crippen molar-refractivity contribution in [1.29, 1.82) is 0 Å². The molecule has 3 rings (SSSR count). The van der Waals surface area contributed by atoms with Crippen LogP contribution in [0.4, 0.5) is 8.78 Å². The summed E-state index contributed by atoms with van der Waals surface area (Å²) in [5.41, 5.74) is 0.143. The number of carbonyl (C=O) groups excluding carboxylic acids is 1. The Balaban J connectivity index is 1.78. The van der Waals surface area contributed by atoms with E-state index in [1.54, 1.807) is 0 Å². The van der Waals surface area contributed by atoms with E-state index >= 15 is 0 Å². The molecular formula is C17H22F2N2O2. The van der Waals surface area contributed by atoms with Gasteiger partial charge in [0.05, 0.1) is 18.7 Å². The third-order valence-corrected chi connectivity index (χ3v) is 4.72. The van der Waals surface area contributed by atoms with Crippen molar-refractivity contribution in [2.75, 3.05) is 19.6 Å². The molecular weight excluding hydrogens is 302 g/mol. The molecule has 0 bridgehead atoms. The summed E-state index contributed by atoms with van der Waals surface area (Å²) in [6.07, 6.45) is 1.74. The van der Waals surface area contributed by atoms with Gasteiger partial charge in [-0.15, -0.1) is 0 Å². The molecule has 1 aliphatic carbocycles. The number of rotatable bonds is 5. The predicted octanol–water partition coefficient (Wildman–Crippen LogP) is 2.08. The van der Waals surface area contributed by atoms with Gasteiger partial charge < -0.3 is 10.0 Å². The Labute approximate surface area is 134 Å². The Morgan fingerprint density at radius 1 is 1.39 bits per heavy atom. The number of nitrogens with zero attached hydrogens (tertiary/aromatic N) is 2. The van der Waals surface area contributed by atoms with E-state index in [1.165, 1.54) is 4.90 Å². The number of halogens is 2. The highest BCUT2D eigenvalue weighted by Crippen LogP contribution is 2.35. The fourth-order valence-electron chi connectivity index (χ4n) is 3.36. The third-order valence-electron chi connectivity index (χ3n) is 4.72. The van der Waals surface area contributed by atoms with Crippen LogP contribution in [-0.4, -0.2) is 52.6 Å². The van der Waals surface area contributed by atoms with Crippen molar-refractivity contribution in [3.05, 3.63) is 35.4 Å². The Bertz CT molecular complexity index is 592. The second kappa shape index (κ2) is 6.53. The monoisotopic (exact) mass is 324 g/mol. The number of benzene rings is 1. The summed E-state index contributed by atoms with van der Waals surface area (Å²) in [4.78, 5) is 16.2. The second-order valence-electron chi connectivity index (χ2n) is 6.41. The molecule has 0 aromatic heterocycles. The van der Waals surface area contributed by atoms with Gasteiger partial charge in [0.1, 0.15) is 11.6 Å². The van der Waals surface area contributed by atoms with E-state index in [0.29, 0.717) is 6.04 Å². The number of carbonyl (C=O) groups is 1. The van der Waals surface area contributed by atoms with Crippen LogP contribution in [0.5, 0.6) is 0 Å². The molecule has 126 valence electrons. The maximum Gasteiger partial charge on any atom is 0.237 e. The summed E-state index contributed by atoms with van der Waals surface area (Å²) in [5, 5.41) is 9.93. The molecule has 0 unspecified atom stereocenters. The van der Waals surface area contributed by atoms with Crippen molar-refractivity contribution < 1.29 is 18.7 Å². The van der Waals surface area contributed by atoms with Crippen LogP contribution in [0, 0.1) is 11.6 Å². The van der Waals surface area contributed by atoms with Crippen LogP contribution in [0.2, 0.25) is 0 Å². The van der Waals surface area contributed by atoms with Crippen LogP contribution in [0.25, 0.3) is 0 Å². The molecule has 6 heteroatoms. The number of likely N-dealkylation sites (N-methyl/N-ethyl adjacent to an activating group) is 1. The van der Waals surface area contributed by atoms with Gasteiger partial charge in [-0.05, 0) is 44.0 Å². The minimum atomic E-state index is -0.706. The average Bonchev–Trinajstić information content (AvgIpc) is 3.29. The third kappa shape index (κ3) is 3.53. The zero-order chi connectivity index (χ0) is 16.6. The SMILES string of the molecule is CCN(CC(=O)N1C[C@@H](O)C[C@@H]1c1cc(F)ccc1F)C1CC1. The molecule has 1 heterocycles. The lowest BCUT2D eigenvalue weighted by Gasteiger charge is -2.28. The molecule has 2 fully saturated rings. The van der Waals surface area contributed by atoms with Crippen molar-refractivity contribution in [2.45, 2.75) is 44.4 Å². The van der Waals surface area contributed by atoms with Crippen LogP contribution in [-0.2, 0) is 4.79 Å². The maximum absolute atomic E-state index is 14.1. The molecule has 1 aromatic carbocycles. The van der Waals surface area contributed by atoms with Crippen LogP contribution in [0.15, 0.2) is 18.2 Å². The fourth-order valence-corrected chi connectivity index (χ4v) is 3.36. The summed E-state index contributed by atoms with van der Waals surface area (Å²) in [6, 6.07) is 3.10. The molecule has 1 aromatic rings. The summed E-state index contributed by atoms with van der Waals surface area (Å²) in [7, 11) is 0. The van der Waals surface area contributed by atoms with Gasteiger partial charge in [0.15, 0.2) is 0 Å². The lowest BCUT2D eigenvalue weighted by Crippen LogP contribution is -2.41. The fraction of sp³-hybridized carbons (Fsp3) is 0.588. The van der Waals surface area contributed by atoms with E-state index in [0.717, 1.165) is 37.6 Å². The van der Waals surface area contributed by atoms with E-state index in [1.807, 2.05) is 6.92 Å². The van der Waals surface area contributed by atoms with Crippen molar-refractivity contribution in [3.8, 4) is 0 Å². The molecule has 2 atom stereocenters. The van der Waals surface area contributed by atoms with E-state index in [2.05, 4.69) is 4.90 Å². The lowest BCUT2D eigenvalue weighted by molar-refractivity contribution is -0.133. The van der Waals surface area contributed by atoms with Crippen molar-refractivity contribution >= 4 is 5.91 Å². The molecule has 1 saturated heterocycles. The molecule has 4 nitrogen and oxygen atoms in total. The van der Waals surface area contributed by atoms with Gasteiger partial charge in [-0.2, -0.15) is 0 Å². The Morgan fingerprint density at radius 3 is 2.78 bits per heavy atom. The zero-order valence-electron chi connectivity index (χ0n) is 13.2. The van der Waals surface area contributed by atoms with Gasteiger partial charge in [0.25, 0.3) is 0 Å². The highest BCUT2D eigenvalue weighted by molar-refractivity contribution is 5.79. The van der Waals surface area contributed by atoms with Gasteiger partial charge in [0.2, 0.25) is 5.91 Å². The summed E-state index contributed by atoms with van der Waals surface area (Å²) < 4.78 is 27.5. The number of amides is 1. The van der Waals surface area contributed by atoms with Crippen LogP contribution in [0.3, 0.4) is 0 Å². The van der Waals surface area contributed by atoms with Crippen LogP contribution >= 0.6 is 0 Å². The van der Waals surface area contributed by atoms with Crippen molar-refractivity contribution in [2.24, 2.45) is 0 Å². The first kappa shape index (κ1) is 16.3. The zero-order valence-corrected chi connectivity index (χ0v) is 13.2. The number of aliphatic hydroxyl groups is 1. The first-order chi connectivity index (χ1) is 11.0. The number of hydrogen-bond donors (Lipinski definition) is 1.